The van der Waals surface area contributed by atoms with E-state index in [2.05, 4.69) is 39.4 Å². The van der Waals surface area contributed by atoms with Crippen LogP contribution in [-0.4, -0.2) is 45.0 Å². The van der Waals surface area contributed by atoms with Gasteiger partial charge in [-0.3, -0.25) is 9.69 Å². The van der Waals surface area contributed by atoms with E-state index in [1.54, 1.807) is 0 Å². The number of aryl methyl sites for hydroxylation is 2. The molecule has 29 heavy (non-hydrogen) atoms. The van der Waals surface area contributed by atoms with Gasteiger partial charge in [-0.15, -0.1) is 0 Å². The molecular weight excluding hydrogens is 362 g/mol. The quantitative estimate of drug-likeness (QED) is 0.702. The van der Waals surface area contributed by atoms with Crippen LogP contribution >= 0.6 is 0 Å². The molecule has 2 aromatic heterocycles. The number of nitrogens with one attached hydrogen (secondary N) is 1. The van der Waals surface area contributed by atoms with Crippen molar-refractivity contribution in [2.75, 3.05) is 19.6 Å². The summed E-state index contributed by atoms with van der Waals surface area (Å²) in [6.45, 7) is 7.47. The van der Waals surface area contributed by atoms with Crippen molar-refractivity contribution in [3.63, 3.8) is 0 Å². The van der Waals surface area contributed by atoms with E-state index < -0.39 is 0 Å². The highest BCUT2D eigenvalue weighted by atomic mass is 16.1. The minimum absolute atomic E-state index is 0.119. The second-order valence-electron chi connectivity index (χ2n) is 8.02. The highest BCUT2D eigenvalue weighted by Gasteiger charge is 2.25. The van der Waals surface area contributed by atoms with Gasteiger partial charge in [0.25, 0.3) is 0 Å². The lowest BCUT2D eigenvalue weighted by Crippen LogP contribution is -2.40. The molecule has 6 heteroatoms. The van der Waals surface area contributed by atoms with Gasteiger partial charge < -0.3 is 5.32 Å². The van der Waals surface area contributed by atoms with Gasteiger partial charge in [0.1, 0.15) is 0 Å². The molecule has 0 atom stereocenters. The van der Waals surface area contributed by atoms with Crippen LogP contribution in [0.25, 0.3) is 5.65 Å². The Morgan fingerprint density at radius 3 is 2.69 bits per heavy atom. The van der Waals surface area contributed by atoms with Crippen molar-refractivity contribution in [1.29, 1.82) is 0 Å². The number of aromatic nitrogens is 3. The van der Waals surface area contributed by atoms with Gasteiger partial charge in [-0.2, -0.15) is 5.10 Å². The zero-order valence-corrected chi connectivity index (χ0v) is 17.3. The number of amides is 1. The molecule has 1 aliphatic rings. The minimum atomic E-state index is 0.119. The molecule has 1 amide bonds. The monoisotopic (exact) mass is 391 g/mol. The molecule has 0 unspecified atom stereocenters. The molecule has 0 saturated carbocycles. The van der Waals surface area contributed by atoms with Crippen LogP contribution in [0, 0.1) is 19.8 Å². The molecule has 1 N–H and O–H groups in total. The van der Waals surface area contributed by atoms with Crippen LogP contribution < -0.4 is 5.32 Å². The summed E-state index contributed by atoms with van der Waals surface area (Å²) >= 11 is 0. The average molecular weight is 392 g/mol. The van der Waals surface area contributed by atoms with E-state index in [0.717, 1.165) is 61.5 Å². The Morgan fingerprint density at radius 2 is 1.93 bits per heavy atom. The molecule has 0 bridgehead atoms. The lowest BCUT2D eigenvalue weighted by molar-refractivity contribution is -0.126. The smallest absolute Gasteiger partial charge is 0.223 e. The maximum Gasteiger partial charge on any atom is 0.223 e. The second kappa shape index (κ2) is 8.74. The molecule has 3 aromatic rings. The maximum absolute atomic E-state index is 12.5. The van der Waals surface area contributed by atoms with Crippen LogP contribution in [0.3, 0.4) is 0 Å². The standard InChI is InChI=1S/C23H29N5O/c1-17-14-18(2)28-22(26-17)21(15-25-28)16-27-12-9-20(10-13-27)23(29)24-11-8-19-6-4-3-5-7-19/h3-7,14-15,20H,8-13,16H2,1-2H3,(H,24,29). The van der Waals surface area contributed by atoms with Crippen LogP contribution in [0.2, 0.25) is 0 Å². The molecule has 0 radical (unpaired) electrons. The lowest BCUT2D eigenvalue weighted by atomic mass is 9.95. The van der Waals surface area contributed by atoms with Gasteiger partial charge >= 0.3 is 0 Å². The van der Waals surface area contributed by atoms with Crippen molar-refractivity contribution in [3.8, 4) is 0 Å². The molecule has 1 aromatic carbocycles. The Kier molecular flexibility index (Phi) is 5.90. The topological polar surface area (TPSA) is 62.5 Å². The summed E-state index contributed by atoms with van der Waals surface area (Å²) < 4.78 is 1.91. The largest absolute Gasteiger partial charge is 0.356 e. The third-order valence-corrected chi connectivity index (χ3v) is 5.76. The van der Waals surface area contributed by atoms with Crippen LogP contribution in [0.1, 0.15) is 35.4 Å². The van der Waals surface area contributed by atoms with Gasteiger partial charge in [-0.1, -0.05) is 30.3 Å². The maximum atomic E-state index is 12.5. The molecule has 1 saturated heterocycles. The Morgan fingerprint density at radius 1 is 1.17 bits per heavy atom. The van der Waals surface area contributed by atoms with Crippen molar-refractivity contribution < 1.29 is 4.79 Å². The third kappa shape index (κ3) is 4.65. The first-order valence-corrected chi connectivity index (χ1v) is 10.4. The Labute approximate surface area is 171 Å². The molecule has 4 rings (SSSR count). The fourth-order valence-corrected chi connectivity index (χ4v) is 4.14. The number of piperidine rings is 1. The molecule has 0 spiro atoms. The van der Waals surface area contributed by atoms with Crippen molar-refractivity contribution in [2.45, 2.75) is 39.7 Å². The van der Waals surface area contributed by atoms with Crippen molar-refractivity contribution in [3.05, 3.63) is 65.1 Å². The first kappa shape index (κ1) is 19.6. The van der Waals surface area contributed by atoms with Gasteiger partial charge in [-0.05, 0) is 57.8 Å². The number of benzene rings is 1. The minimum Gasteiger partial charge on any atom is -0.356 e. The van der Waals surface area contributed by atoms with E-state index in [1.807, 2.05) is 41.9 Å². The van der Waals surface area contributed by atoms with Gasteiger partial charge in [0.05, 0.1) is 6.20 Å². The number of nitrogens with zero attached hydrogens (tertiary/aromatic N) is 4. The number of carbonyl (C=O) groups is 1. The molecule has 1 fully saturated rings. The first-order chi connectivity index (χ1) is 14.1. The molecule has 1 aliphatic heterocycles. The van der Waals surface area contributed by atoms with Gasteiger partial charge in [0, 0.05) is 36.0 Å². The fourth-order valence-electron chi connectivity index (χ4n) is 4.14. The summed E-state index contributed by atoms with van der Waals surface area (Å²) in [7, 11) is 0. The van der Waals surface area contributed by atoms with Crippen LogP contribution in [-0.2, 0) is 17.8 Å². The zero-order valence-electron chi connectivity index (χ0n) is 17.3. The van der Waals surface area contributed by atoms with E-state index in [1.165, 1.54) is 5.56 Å². The number of hydrogen-bond acceptors (Lipinski definition) is 4. The van der Waals surface area contributed by atoms with E-state index in [-0.39, 0.29) is 11.8 Å². The fraction of sp³-hybridized carbons (Fsp3) is 0.435. The average Bonchev–Trinajstić information content (AvgIpc) is 3.12. The van der Waals surface area contributed by atoms with E-state index >= 15 is 0 Å². The second-order valence-corrected chi connectivity index (χ2v) is 8.02. The Balaban J connectivity index is 1.27. The molecule has 3 heterocycles. The lowest BCUT2D eigenvalue weighted by Gasteiger charge is -2.31. The van der Waals surface area contributed by atoms with Crippen molar-refractivity contribution in [1.82, 2.24) is 24.8 Å². The zero-order chi connectivity index (χ0) is 20.2. The van der Waals surface area contributed by atoms with Crippen LogP contribution in [0.4, 0.5) is 0 Å². The predicted molar refractivity (Wildman–Crippen MR) is 114 cm³/mol. The Bertz CT molecular complexity index is 974. The molecule has 0 aliphatic carbocycles. The summed E-state index contributed by atoms with van der Waals surface area (Å²) in [5.74, 6) is 0.318. The SMILES string of the molecule is Cc1cc(C)n2ncc(CN3CCC(C(=O)NCCc4ccccc4)CC3)c2n1. The molecule has 6 nitrogen and oxygen atoms in total. The Hall–Kier alpha value is -2.73. The normalized spacial score (nSPS) is 15.7. The predicted octanol–water partition coefficient (Wildman–Crippen LogP) is 2.92. The number of carbonyl (C=O) groups excluding carboxylic acids is 1. The molecular formula is C23H29N5O. The third-order valence-electron chi connectivity index (χ3n) is 5.76. The number of hydrogen-bond donors (Lipinski definition) is 1. The summed E-state index contributed by atoms with van der Waals surface area (Å²) in [6, 6.07) is 12.3. The van der Waals surface area contributed by atoms with Crippen LogP contribution in [0.15, 0.2) is 42.6 Å². The van der Waals surface area contributed by atoms with Crippen molar-refractivity contribution >= 4 is 11.6 Å². The summed E-state index contributed by atoms with van der Waals surface area (Å²) in [4.78, 5) is 19.6. The van der Waals surface area contributed by atoms with Crippen LogP contribution in [0.5, 0.6) is 0 Å². The summed E-state index contributed by atoms with van der Waals surface area (Å²) in [6.07, 6.45) is 4.62. The summed E-state index contributed by atoms with van der Waals surface area (Å²) in [5.41, 5.74) is 5.48. The highest BCUT2D eigenvalue weighted by Crippen LogP contribution is 2.21. The van der Waals surface area contributed by atoms with Crippen molar-refractivity contribution in [2.24, 2.45) is 5.92 Å². The van der Waals surface area contributed by atoms with E-state index in [9.17, 15) is 4.79 Å². The van der Waals surface area contributed by atoms with Gasteiger partial charge in [0.15, 0.2) is 5.65 Å². The molecule has 152 valence electrons. The van der Waals surface area contributed by atoms with E-state index in [0.29, 0.717) is 6.54 Å². The summed E-state index contributed by atoms with van der Waals surface area (Å²) in [5, 5.41) is 7.61. The van der Waals surface area contributed by atoms with Gasteiger partial charge in [0.2, 0.25) is 5.91 Å². The highest BCUT2D eigenvalue weighted by molar-refractivity contribution is 5.78. The van der Waals surface area contributed by atoms with E-state index in [4.69, 9.17) is 0 Å². The van der Waals surface area contributed by atoms with Gasteiger partial charge in [-0.25, -0.2) is 9.50 Å². The number of likely N-dealkylation sites (tertiary alicyclic amines) is 1. The number of fused-ring (bicyclic) bond motifs is 1. The number of rotatable bonds is 6. The first-order valence-electron chi connectivity index (χ1n) is 10.4.